The van der Waals surface area contributed by atoms with Gasteiger partial charge in [0.1, 0.15) is 10.7 Å². The molecule has 16 heavy (non-hydrogen) atoms. The van der Waals surface area contributed by atoms with Crippen molar-refractivity contribution in [1.82, 2.24) is 9.97 Å². The van der Waals surface area contributed by atoms with Crippen LogP contribution in [-0.2, 0) is 0 Å². The molecule has 0 spiro atoms. The van der Waals surface area contributed by atoms with E-state index in [4.69, 9.17) is 18.0 Å². The summed E-state index contributed by atoms with van der Waals surface area (Å²) in [5.74, 6) is 0.620. The van der Waals surface area contributed by atoms with Gasteiger partial charge in [-0.2, -0.15) is 0 Å². The van der Waals surface area contributed by atoms with E-state index >= 15 is 0 Å². The van der Waals surface area contributed by atoms with E-state index in [1.165, 1.54) is 12.8 Å². The maximum atomic E-state index is 5.54. The molecule has 1 fully saturated rings. The van der Waals surface area contributed by atoms with Crippen molar-refractivity contribution in [2.24, 2.45) is 5.73 Å². The highest BCUT2D eigenvalue weighted by molar-refractivity contribution is 7.80. The van der Waals surface area contributed by atoms with Crippen LogP contribution in [0.5, 0.6) is 0 Å². The van der Waals surface area contributed by atoms with Crippen LogP contribution < -0.4 is 11.1 Å². The monoisotopic (exact) mass is 236 g/mol. The molecule has 1 aromatic rings. The SMILES string of the molecule is CC1(Nc2nccc(C(N)=S)n2)CCCC1. The van der Waals surface area contributed by atoms with Crippen molar-refractivity contribution in [3.8, 4) is 0 Å². The summed E-state index contributed by atoms with van der Waals surface area (Å²) in [5.41, 5.74) is 6.28. The molecular weight excluding hydrogens is 220 g/mol. The van der Waals surface area contributed by atoms with Crippen LogP contribution in [0.25, 0.3) is 0 Å². The zero-order valence-corrected chi connectivity index (χ0v) is 10.2. The molecule has 3 N–H and O–H groups in total. The van der Waals surface area contributed by atoms with E-state index in [9.17, 15) is 0 Å². The average Bonchev–Trinajstić information content (AvgIpc) is 2.65. The van der Waals surface area contributed by atoms with Crippen molar-refractivity contribution < 1.29 is 0 Å². The number of nitrogens with one attached hydrogen (secondary N) is 1. The van der Waals surface area contributed by atoms with Crippen molar-refractivity contribution in [3.63, 3.8) is 0 Å². The third-order valence-electron chi connectivity index (χ3n) is 3.03. The largest absolute Gasteiger partial charge is 0.388 e. The molecular formula is C11H16N4S. The van der Waals surface area contributed by atoms with Crippen molar-refractivity contribution in [1.29, 1.82) is 0 Å². The summed E-state index contributed by atoms with van der Waals surface area (Å²) in [6.45, 7) is 2.21. The van der Waals surface area contributed by atoms with Gasteiger partial charge in [-0.1, -0.05) is 25.1 Å². The first-order valence-electron chi connectivity index (χ1n) is 5.50. The number of aromatic nitrogens is 2. The van der Waals surface area contributed by atoms with Gasteiger partial charge in [-0.25, -0.2) is 9.97 Å². The smallest absolute Gasteiger partial charge is 0.223 e. The number of hydrogen-bond acceptors (Lipinski definition) is 4. The van der Waals surface area contributed by atoms with E-state index in [0.29, 0.717) is 16.6 Å². The van der Waals surface area contributed by atoms with Gasteiger partial charge < -0.3 is 11.1 Å². The van der Waals surface area contributed by atoms with E-state index in [1.54, 1.807) is 12.3 Å². The second-order valence-electron chi connectivity index (χ2n) is 4.52. The summed E-state index contributed by atoms with van der Waals surface area (Å²) in [7, 11) is 0. The molecule has 1 aliphatic carbocycles. The first kappa shape index (κ1) is 11.3. The summed E-state index contributed by atoms with van der Waals surface area (Å²) in [6, 6.07) is 1.73. The Labute approximate surface area is 101 Å². The number of nitrogens with zero attached hydrogens (tertiary/aromatic N) is 2. The summed E-state index contributed by atoms with van der Waals surface area (Å²) >= 11 is 4.89. The molecule has 0 unspecified atom stereocenters. The first-order valence-corrected chi connectivity index (χ1v) is 5.91. The number of rotatable bonds is 3. The van der Waals surface area contributed by atoms with Crippen LogP contribution in [0.1, 0.15) is 38.3 Å². The van der Waals surface area contributed by atoms with Gasteiger partial charge in [0.15, 0.2) is 0 Å². The Bertz CT molecular complexity index is 399. The van der Waals surface area contributed by atoms with Crippen molar-refractivity contribution >= 4 is 23.2 Å². The maximum absolute atomic E-state index is 5.54. The fourth-order valence-electron chi connectivity index (χ4n) is 2.11. The van der Waals surface area contributed by atoms with Crippen LogP contribution in [0.2, 0.25) is 0 Å². The third kappa shape index (κ3) is 2.47. The molecule has 1 aliphatic rings. The lowest BCUT2D eigenvalue weighted by atomic mass is 10.0. The van der Waals surface area contributed by atoms with E-state index in [1.807, 2.05) is 0 Å². The third-order valence-corrected chi connectivity index (χ3v) is 3.24. The minimum absolute atomic E-state index is 0.120. The number of nitrogens with two attached hydrogens (primary N) is 1. The van der Waals surface area contributed by atoms with Crippen molar-refractivity contribution in [2.45, 2.75) is 38.1 Å². The minimum Gasteiger partial charge on any atom is -0.388 e. The standard InChI is InChI=1S/C11H16N4S/c1-11(5-2-3-6-11)15-10-13-7-4-8(14-10)9(12)16/h4,7H,2-3,5-6H2,1H3,(H2,12,16)(H,13,14,15). The predicted octanol–water partition coefficient (Wildman–Crippen LogP) is 1.86. The van der Waals surface area contributed by atoms with Crippen LogP contribution in [0.3, 0.4) is 0 Å². The zero-order chi connectivity index (χ0) is 11.6. The lowest BCUT2D eigenvalue weighted by Crippen LogP contribution is -2.32. The highest BCUT2D eigenvalue weighted by atomic mass is 32.1. The Hall–Kier alpha value is -1.23. The summed E-state index contributed by atoms with van der Waals surface area (Å²) in [4.78, 5) is 8.79. The molecule has 0 saturated heterocycles. The van der Waals surface area contributed by atoms with Gasteiger partial charge in [0.2, 0.25) is 5.95 Å². The van der Waals surface area contributed by atoms with Crippen LogP contribution in [0, 0.1) is 0 Å². The number of thiocarbonyl (C=S) groups is 1. The van der Waals surface area contributed by atoms with E-state index < -0.39 is 0 Å². The molecule has 0 atom stereocenters. The molecule has 86 valence electrons. The molecule has 4 nitrogen and oxygen atoms in total. The van der Waals surface area contributed by atoms with Gasteiger partial charge in [0.25, 0.3) is 0 Å². The summed E-state index contributed by atoms with van der Waals surface area (Å²) in [5, 5.41) is 3.38. The summed E-state index contributed by atoms with van der Waals surface area (Å²) < 4.78 is 0. The molecule has 5 heteroatoms. The Kier molecular flexibility index (Phi) is 3.05. The molecule has 0 aliphatic heterocycles. The fraction of sp³-hybridized carbons (Fsp3) is 0.545. The highest BCUT2D eigenvalue weighted by Crippen LogP contribution is 2.31. The Balaban J connectivity index is 2.15. The highest BCUT2D eigenvalue weighted by Gasteiger charge is 2.29. The van der Waals surface area contributed by atoms with Crippen LogP contribution in [0.15, 0.2) is 12.3 Å². The Morgan fingerprint density at radius 1 is 1.50 bits per heavy atom. The molecule has 0 radical (unpaired) electrons. The van der Waals surface area contributed by atoms with Gasteiger partial charge in [0.05, 0.1) is 0 Å². The van der Waals surface area contributed by atoms with E-state index in [-0.39, 0.29) is 5.54 Å². The van der Waals surface area contributed by atoms with E-state index in [0.717, 1.165) is 12.8 Å². The number of anilines is 1. The second-order valence-corrected chi connectivity index (χ2v) is 4.96. The van der Waals surface area contributed by atoms with Gasteiger partial charge >= 0.3 is 0 Å². The summed E-state index contributed by atoms with van der Waals surface area (Å²) in [6.07, 6.45) is 6.53. The van der Waals surface area contributed by atoms with Crippen molar-refractivity contribution in [2.75, 3.05) is 5.32 Å². The molecule has 1 saturated carbocycles. The Morgan fingerprint density at radius 3 is 2.81 bits per heavy atom. The maximum Gasteiger partial charge on any atom is 0.223 e. The minimum atomic E-state index is 0.120. The average molecular weight is 236 g/mol. The normalized spacial score (nSPS) is 18.3. The first-order chi connectivity index (χ1) is 7.59. The van der Waals surface area contributed by atoms with Crippen LogP contribution in [-0.4, -0.2) is 20.5 Å². The topological polar surface area (TPSA) is 63.8 Å². The number of hydrogen-bond donors (Lipinski definition) is 2. The molecule has 0 aromatic carbocycles. The van der Waals surface area contributed by atoms with Gasteiger partial charge in [-0.15, -0.1) is 0 Å². The second kappa shape index (κ2) is 4.33. The molecule has 0 bridgehead atoms. The molecule has 1 heterocycles. The lowest BCUT2D eigenvalue weighted by molar-refractivity contribution is 0.528. The van der Waals surface area contributed by atoms with E-state index in [2.05, 4.69) is 22.2 Å². The predicted molar refractivity (Wildman–Crippen MR) is 68.4 cm³/mol. The Morgan fingerprint density at radius 2 is 2.19 bits per heavy atom. The fourth-order valence-corrected chi connectivity index (χ4v) is 2.22. The van der Waals surface area contributed by atoms with Crippen LogP contribution in [0.4, 0.5) is 5.95 Å². The molecule has 1 aromatic heterocycles. The van der Waals surface area contributed by atoms with Gasteiger partial charge in [0, 0.05) is 11.7 Å². The zero-order valence-electron chi connectivity index (χ0n) is 9.36. The van der Waals surface area contributed by atoms with Gasteiger partial charge in [-0.3, -0.25) is 0 Å². The van der Waals surface area contributed by atoms with Crippen LogP contribution >= 0.6 is 12.2 Å². The quantitative estimate of drug-likeness (QED) is 0.784. The molecule has 2 rings (SSSR count). The molecule has 0 amide bonds. The lowest BCUT2D eigenvalue weighted by Gasteiger charge is -2.25. The van der Waals surface area contributed by atoms with Gasteiger partial charge in [-0.05, 0) is 25.8 Å². The van der Waals surface area contributed by atoms with Crippen molar-refractivity contribution in [3.05, 3.63) is 18.0 Å².